The normalized spacial score (nSPS) is 23.2. The lowest BCUT2D eigenvalue weighted by Crippen LogP contribution is -2.45. The van der Waals surface area contributed by atoms with E-state index >= 15 is 0 Å². The zero-order chi connectivity index (χ0) is 14.3. The van der Waals surface area contributed by atoms with E-state index in [9.17, 15) is 4.79 Å². The van der Waals surface area contributed by atoms with Crippen LogP contribution in [0.25, 0.3) is 5.65 Å². The maximum absolute atomic E-state index is 12.8. The van der Waals surface area contributed by atoms with E-state index in [0.29, 0.717) is 17.5 Å². The lowest BCUT2D eigenvalue weighted by Gasteiger charge is -2.37. The maximum Gasteiger partial charge on any atom is 0.257 e. The minimum absolute atomic E-state index is 0.0754. The van der Waals surface area contributed by atoms with Gasteiger partial charge in [0.1, 0.15) is 0 Å². The Bertz CT molecular complexity index is 648. The third-order valence-electron chi connectivity index (χ3n) is 4.18. The summed E-state index contributed by atoms with van der Waals surface area (Å²) in [7, 11) is 0. The summed E-state index contributed by atoms with van der Waals surface area (Å²) in [6.45, 7) is 7.04. The van der Waals surface area contributed by atoms with E-state index in [0.717, 1.165) is 24.3 Å². The second-order valence-corrected chi connectivity index (χ2v) is 5.86. The number of fused-ring (bicyclic) bond motifs is 1. The molecular weight excluding hydrogens is 252 g/mol. The molecule has 0 radical (unpaired) electrons. The van der Waals surface area contributed by atoms with Crippen molar-refractivity contribution in [2.24, 2.45) is 5.92 Å². The predicted octanol–water partition coefficient (Wildman–Crippen LogP) is 2.30. The number of likely N-dealkylation sites (tertiary alicyclic amines) is 1. The maximum atomic E-state index is 12.8. The molecule has 3 rings (SSSR count). The zero-order valence-corrected chi connectivity index (χ0v) is 12.2. The van der Waals surface area contributed by atoms with Crippen LogP contribution in [0.15, 0.2) is 18.5 Å². The summed E-state index contributed by atoms with van der Waals surface area (Å²) in [5.41, 5.74) is 2.20. The monoisotopic (exact) mass is 272 g/mol. The van der Waals surface area contributed by atoms with Gasteiger partial charge in [-0.2, -0.15) is 5.10 Å². The standard InChI is InChI=1S/C15H20N4O/c1-10-4-5-11(2)18(8-10)15(20)13-9-19-14(6-7-16-19)17-12(13)3/h6-7,9-11H,4-5,8H2,1-3H3. The summed E-state index contributed by atoms with van der Waals surface area (Å²) in [5.74, 6) is 0.642. The van der Waals surface area contributed by atoms with Crippen LogP contribution >= 0.6 is 0 Å². The number of aromatic nitrogens is 3. The van der Waals surface area contributed by atoms with Crippen LogP contribution in [0.1, 0.15) is 42.7 Å². The third kappa shape index (κ3) is 2.17. The van der Waals surface area contributed by atoms with E-state index < -0.39 is 0 Å². The van der Waals surface area contributed by atoms with Gasteiger partial charge in [0.25, 0.3) is 5.91 Å². The first-order chi connectivity index (χ1) is 9.56. The van der Waals surface area contributed by atoms with Gasteiger partial charge in [0.2, 0.25) is 0 Å². The number of rotatable bonds is 1. The van der Waals surface area contributed by atoms with Gasteiger partial charge in [-0.25, -0.2) is 9.50 Å². The molecule has 106 valence electrons. The van der Waals surface area contributed by atoms with Gasteiger partial charge >= 0.3 is 0 Å². The molecule has 5 heteroatoms. The molecule has 1 fully saturated rings. The fraction of sp³-hybridized carbons (Fsp3) is 0.533. The van der Waals surface area contributed by atoms with Crippen LogP contribution < -0.4 is 0 Å². The number of aryl methyl sites for hydroxylation is 1. The Morgan fingerprint density at radius 1 is 1.35 bits per heavy atom. The molecular formula is C15H20N4O. The molecule has 2 atom stereocenters. The van der Waals surface area contributed by atoms with Crippen molar-refractivity contribution >= 4 is 11.6 Å². The second-order valence-electron chi connectivity index (χ2n) is 5.86. The minimum atomic E-state index is 0.0754. The molecule has 1 aliphatic rings. The SMILES string of the molecule is Cc1nc2ccnn2cc1C(=O)N1CC(C)CCC1C. The molecule has 20 heavy (non-hydrogen) atoms. The molecule has 0 saturated carbocycles. The Kier molecular flexibility index (Phi) is 3.20. The topological polar surface area (TPSA) is 50.5 Å². The van der Waals surface area contributed by atoms with Crippen LogP contribution in [0.5, 0.6) is 0 Å². The van der Waals surface area contributed by atoms with Gasteiger partial charge in [-0.1, -0.05) is 6.92 Å². The van der Waals surface area contributed by atoms with E-state index in [2.05, 4.69) is 23.9 Å². The number of nitrogens with zero attached hydrogens (tertiary/aromatic N) is 4. The third-order valence-corrected chi connectivity index (χ3v) is 4.18. The molecule has 2 aromatic heterocycles. The number of carbonyl (C=O) groups is 1. The first-order valence-corrected chi connectivity index (χ1v) is 7.18. The van der Waals surface area contributed by atoms with Gasteiger partial charge in [0.05, 0.1) is 17.5 Å². The summed E-state index contributed by atoms with van der Waals surface area (Å²) in [6, 6.07) is 2.14. The Labute approximate surface area is 118 Å². The van der Waals surface area contributed by atoms with Crippen LogP contribution in [0.2, 0.25) is 0 Å². The number of amides is 1. The molecule has 1 saturated heterocycles. The average molecular weight is 272 g/mol. The molecule has 1 aliphatic heterocycles. The van der Waals surface area contributed by atoms with Crippen molar-refractivity contribution in [3.05, 3.63) is 29.7 Å². The van der Waals surface area contributed by atoms with Crippen molar-refractivity contribution in [2.45, 2.75) is 39.7 Å². The van der Waals surface area contributed by atoms with E-state index in [-0.39, 0.29) is 5.91 Å². The largest absolute Gasteiger partial charge is 0.336 e. The van der Waals surface area contributed by atoms with Gasteiger partial charge in [0.15, 0.2) is 5.65 Å². The highest BCUT2D eigenvalue weighted by atomic mass is 16.2. The Hall–Kier alpha value is -1.91. The van der Waals surface area contributed by atoms with Gasteiger partial charge in [0, 0.05) is 24.8 Å². The number of hydrogen-bond acceptors (Lipinski definition) is 3. The van der Waals surface area contributed by atoms with Gasteiger partial charge in [-0.05, 0) is 32.6 Å². The number of carbonyl (C=O) groups excluding carboxylic acids is 1. The van der Waals surface area contributed by atoms with Gasteiger partial charge in [-0.15, -0.1) is 0 Å². The first kappa shape index (κ1) is 13.1. The van der Waals surface area contributed by atoms with Crippen LogP contribution in [0.4, 0.5) is 0 Å². The fourth-order valence-electron chi connectivity index (χ4n) is 2.88. The molecule has 1 amide bonds. The molecule has 0 N–H and O–H groups in total. The lowest BCUT2D eigenvalue weighted by atomic mass is 9.94. The zero-order valence-electron chi connectivity index (χ0n) is 12.2. The molecule has 3 heterocycles. The highest BCUT2D eigenvalue weighted by Crippen LogP contribution is 2.24. The molecule has 2 unspecified atom stereocenters. The first-order valence-electron chi connectivity index (χ1n) is 7.18. The van der Waals surface area contributed by atoms with Crippen molar-refractivity contribution in [3.63, 3.8) is 0 Å². The number of hydrogen-bond donors (Lipinski definition) is 0. The Balaban J connectivity index is 1.96. The van der Waals surface area contributed by atoms with Crippen LogP contribution in [0.3, 0.4) is 0 Å². The van der Waals surface area contributed by atoms with E-state index in [4.69, 9.17) is 0 Å². The summed E-state index contributed by atoms with van der Waals surface area (Å²) >= 11 is 0. The lowest BCUT2D eigenvalue weighted by molar-refractivity contribution is 0.0572. The predicted molar refractivity (Wildman–Crippen MR) is 76.6 cm³/mol. The quantitative estimate of drug-likeness (QED) is 0.800. The van der Waals surface area contributed by atoms with Gasteiger partial charge in [-0.3, -0.25) is 4.79 Å². The molecule has 0 spiro atoms. The second kappa shape index (κ2) is 4.89. The summed E-state index contributed by atoms with van der Waals surface area (Å²) in [6.07, 6.45) is 5.76. The minimum Gasteiger partial charge on any atom is -0.336 e. The average Bonchev–Trinajstić information content (AvgIpc) is 2.87. The van der Waals surface area contributed by atoms with Crippen molar-refractivity contribution in [2.75, 3.05) is 6.54 Å². The van der Waals surface area contributed by atoms with Crippen molar-refractivity contribution in [3.8, 4) is 0 Å². The van der Waals surface area contributed by atoms with Gasteiger partial charge < -0.3 is 4.90 Å². The molecule has 0 bridgehead atoms. The Morgan fingerprint density at radius 2 is 2.15 bits per heavy atom. The summed E-state index contributed by atoms with van der Waals surface area (Å²) in [4.78, 5) is 19.2. The molecule has 2 aromatic rings. The summed E-state index contributed by atoms with van der Waals surface area (Å²) < 4.78 is 1.66. The highest BCUT2D eigenvalue weighted by Gasteiger charge is 2.29. The molecule has 0 aliphatic carbocycles. The van der Waals surface area contributed by atoms with Crippen LogP contribution in [-0.2, 0) is 0 Å². The summed E-state index contributed by atoms with van der Waals surface area (Å²) in [5, 5.41) is 4.17. The molecule has 0 aromatic carbocycles. The Morgan fingerprint density at radius 3 is 2.95 bits per heavy atom. The fourth-order valence-corrected chi connectivity index (χ4v) is 2.88. The van der Waals surface area contributed by atoms with E-state index in [1.165, 1.54) is 6.42 Å². The van der Waals surface area contributed by atoms with Crippen molar-refractivity contribution in [1.82, 2.24) is 19.5 Å². The number of piperidine rings is 1. The smallest absolute Gasteiger partial charge is 0.257 e. The molecule has 5 nitrogen and oxygen atoms in total. The van der Waals surface area contributed by atoms with E-state index in [1.807, 2.05) is 17.9 Å². The van der Waals surface area contributed by atoms with Crippen LogP contribution in [0, 0.1) is 12.8 Å². The highest BCUT2D eigenvalue weighted by molar-refractivity contribution is 5.95. The van der Waals surface area contributed by atoms with Crippen molar-refractivity contribution < 1.29 is 4.79 Å². The van der Waals surface area contributed by atoms with Crippen molar-refractivity contribution in [1.29, 1.82) is 0 Å². The van der Waals surface area contributed by atoms with E-state index in [1.54, 1.807) is 16.9 Å². The van der Waals surface area contributed by atoms with Crippen LogP contribution in [-0.4, -0.2) is 38.0 Å².